The highest BCUT2D eigenvalue weighted by Gasteiger charge is 2.66. The number of thiazole rings is 1. The first kappa shape index (κ1) is 32.8. The number of rotatable bonds is 11. The zero-order valence-electron chi connectivity index (χ0n) is 25.8. The number of aliphatic imine (C=N–C) groups is 1. The third kappa shape index (κ3) is 6.07. The second-order valence-corrected chi connectivity index (χ2v) is 14.4. The number of amides is 2. The van der Waals surface area contributed by atoms with E-state index in [1.54, 1.807) is 24.3 Å². The van der Waals surface area contributed by atoms with Gasteiger partial charge in [0.15, 0.2) is 6.04 Å². The fourth-order valence-electron chi connectivity index (χ4n) is 5.89. The summed E-state index contributed by atoms with van der Waals surface area (Å²) in [4.78, 5) is 60.1. The van der Waals surface area contributed by atoms with Crippen molar-refractivity contribution in [2.75, 3.05) is 25.2 Å². The maximum Gasteiger partial charge on any atom is 0.352 e. The Morgan fingerprint density at radius 1 is 1.12 bits per heavy atom. The molecule has 3 aliphatic heterocycles. The lowest BCUT2D eigenvalue weighted by molar-refractivity contribution is -0.192. The fraction of sp³-hybridized carbons (Fsp3) is 0.235. The summed E-state index contributed by atoms with van der Waals surface area (Å²) in [5.41, 5.74) is 0.195. The topological polar surface area (TPSA) is 168 Å². The number of ether oxygens (including phenoxy) is 2. The van der Waals surface area contributed by atoms with Crippen LogP contribution in [-0.2, 0) is 30.3 Å². The van der Waals surface area contributed by atoms with Crippen LogP contribution < -0.4 is 10.1 Å². The summed E-state index contributed by atoms with van der Waals surface area (Å²) in [5.74, 6) is -1.97. The molecule has 1 aromatic heterocycles. The summed E-state index contributed by atoms with van der Waals surface area (Å²) in [7, 11) is 1.32. The lowest BCUT2D eigenvalue weighted by Crippen LogP contribution is -2.80. The molecule has 1 saturated heterocycles. The van der Waals surface area contributed by atoms with E-state index >= 15 is 0 Å². The Labute approximate surface area is 291 Å². The lowest BCUT2D eigenvalue weighted by atomic mass is 9.97. The molecule has 4 aromatic rings. The predicted octanol–water partition coefficient (Wildman–Crippen LogP) is 4.29. The van der Waals surface area contributed by atoms with Crippen LogP contribution in [0.25, 0.3) is 21.0 Å². The quantitative estimate of drug-likeness (QED) is 0.150. The number of hydrogen-bond donors (Lipinski definition) is 3. The molecule has 0 saturated carbocycles. The van der Waals surface area contributed by atoms with Gasteiger partial charge in [-0.1, -0.05) is 42.5 Å². The second-order valence-electron chi connectivity index (χ2n) is 11.3. The molecule has 49 heavy (non-hydrogen) atoms. The fourth-order valence-corrected chi connectivity index (χ4v) is 9.50. The van der Waals surface area contributed by atoms with E-state index in [1.165, 1.54) is 46.9 Å². The van der Waals surface area contributed by atoms with Crippen LogP contribution in [0.3, 0.4) is 0 Å². The zero-order valence-corrected chi connectivity index (χ0v) is 28.3. The number of fused-ring (bicyclic) bond motifs is 4. The average Bonchev–Trinajstić information content (AvgIpc) is 3.77. The molecule has 3 aromatic carbocycles. The highest BCUT2D eigenvalue weighted by molar-refractivity contribution is 8.15. The number of thioether (sulfide) groups is 2. The number of nitrogens with zero attached hydrogens (tertiary/aromatic N) is 3. The van der Waals surface area contributed by atoms with Gasteiger partial charge in [-0.05, 0) is 46.9 Å². The van der Waals surface area contributed by atoms with Crippen LogP contribution in [0.1, 0.15) is 10.6 Å². The van der Waals surface area contributed by atoms with Gasteiger partial charge in [0.1, 0.15) is 33.5 Å². The van der Waals surface area contributed by atoms with Crippen LogP contribution in [0.5, 0.6) is 5.75 Å². The number of aliphatic carboxylic acids is 2. The molecule has 3 atom stereocenters. The molecule has 2 amide bonds. The Hall–Kier alpha value is -4.70. The first-order valence-corrected chi connectivity index (χ1v) is 17.9. The maximum atomic E-state index is 13.4. The Balaban J connectivity index is 1.03. The van der Waals surface area contributed by atoms with Crippen LogP contribution in [0, 0.1) is 0 Å². The average molecular weight is 717 g/mol. The Morgan fingerprint density at radius 2 is 1.94 bits per heavy atom. The standard InChI is InChI=1S/C34H28N4O8S3/c1-45-34(37-25(39)14-18-6-3-2-4-7-18)32(44)38-26(31(42)43)20(16-48-33(34)38)8-5-13-46-21-10-11-22-19(15-21)9-12-23-27(22)49-29(35-23)28-36-24(17-47-28)30(40)41/h2-12,15,24,33H,13-14,16-17H2,1H3,(H,37,39)(H,40,41)(H,42,43)/b8-5+/t24?,33?,34-/m0/s1. The maximum absolute atomic E-state index is 13.4. The summed E-state index contributed by atoms with van der Waals surface area (Å²) in [5, 5.41) is 24.6. The number of carboxylic acids is 2. The minimum atomic E-state index is -1.66. The monoisotopic (exact) mass is 716 g/mol. The highest BCUT2D eigenvalue weighted by atomic mass is 32.2. The van der Waals surface area contributed by atoms with Gasteiger partial charge < -0.3 is 25.0 Å². The van der Waals surface area contributed by atoms with E-state index in [0.29, 0.717) is 27.1 Å². The molecule has 0 radical (unpaired) electrons. The highest BCUT2D eigenvalue weighted by Crippen LogP contribution is 2.47. The van der Waals surface area contributed by atoms with Gasteiger partial charge in [-0.25, -0.2) is 14.6 Å². The Bertz CT molecular complexity index is 2110. The van der Waals surface area contributed by atoms with E-state index in [0.717, 1.165) is 26.6 Å². The molecule has 7 rings (SSSR count). The van der Waals surface area contributed by atoms with Crippen molar-refractivity contribution in [3.63, 3.8) is 0 Å². The molecule has 0 bridgehead atoms. The molecule has 1 fully saturated rings. The number of carboxylic acid groups (broad SMARTS) is 2. The van der Waals surface area contributed by atoms with Crippen molar-refractivity contribution < 1.29 is 38.9 Å². The zero-order chi connectivity index (χ0) is 34.3. The van der Waals surface area contributed by atoms with Crippen molar-refractivity contribution in [2.24, 2.45) is 4.99 Å². The van der Waals surface area contributed by atoms with Gasteiger partial charge in [-0.2, -0.15) is 0 Å². The van der Waals surface area contributed by atoms with Gasteiger partial charge in [0.2, 0.25) is 5.91 Å². The molecular formula is C34H28N4O8S3. The van der Waals surface area contributed by atoms with Gasteiger partial charge in [-0.3, -0.25) is 19.5 Å². The minimum absolute atomic E-state index is 0.0475. The normalized spacial score (nSPS) is 21.9. The van der Waals surface area contributed by atoms with E-state index in [9.17, 15) is 29.4 Å². The first-order chi connectivity index (χ1) is 23.7. The van der Waals surface area contributed by atoms with E-state index in [4.69, 9.17) is 9.47 Å². The van der Waals surface area contributed by atoms with Crippen molar-refractivity contribution in [3.05, 3.63) is 94.7 Å². The number of hydrogen-bond acceptors (Lipinski definition) is 11. The van der Waals surface area contributed by atoms with E-state index in [1.807, 2.05) is 48.5 Å². The van der Waals surface area contributed by atoms with Crippen LogP contribution >= 0.6 is 34.9 Å². The lowest BCUT2D eigenvalue weighted by Gasteiger charge is -2.55. The van der Waals surface area contributed by atoms with Crippen molar-refractivity contribution in [1.29, 1.82) is 0 Å². The third-order valence-corrected chi connectivity index (χ3v) is 11.9. The van der Waals surface area contributed by atoms with Gasteiger partial charge in [0, 0.05) is 24.0 Å². The summed E-state index contributed by atoms with van der Waals surface area (Å²) in [6, 6.07) is 17.9. The summed E-state index contributed by atoms with van der Waals surface area (Å²) in [6.45, 7) is 0.149. The molecule has 250 valence electrons. The molecule has 12 nitrogen and oxygen atoms in total. The number of methoxy groups -OCH3 is 1. The van der Waals surface area contributed by atoms with Crippen molar-refractivity contribution in [3.8, 4) is 5.75 Å². The van der Waals surface area contributed by atoms with Gasteiger partial charge in [0.25, 0.3) is 11.6 Å². The largest absolute Gasteiger partial charge is 0.490 e. The van der Waals surface area contributed by atoms with Crippen LogP contribution in [0.15, 0.2) is 89.1 Å². The molecule has 3 N–H and O–H groups in total. The van der Waals surface area contributed by atoms with Crippen LogP contribution in [0.4, 0.5) is 0 Å². The van der Waals surface area contributed by atoms with E-state index < -0.39 is 40.9 Å². The number of carbonyl (C=O) groups is 4. The number of allylic oxidation sites excluding steroid dienone is 1. The number of carbonyl (C=O) groups excluding carboxylic acids is 2. The van der Waals surface area contributed by atoms with Gasteiger partial charge in [0.05, 0.1) is 16.6 Å². The van der Waals surface area contributed by atoms with Gasteiger partial charge in [-0.15, -0.1) is 34.9 Å². The van der Waals surface area contributed by atoms with Crippen molar-refractivity contribution in [2.45, 2.75) is 23.6 Å². The van der Waals surface area contributed by atoms with E-state index in [-0.39, 0.29) is 24.5 Å². The number of β-lactam (4-membered cyclic amide) rings is 1. The third-order valence-electron chi connectivity index (χ3n) is 8.24. The van der Waals surface area contributed by atoms with Crippen molar-refractivity contribution in [1.82, 2.24) is 15.2 Å². The Kier molecular flexibility index (Phi) is 8.92. The smallest absolute Gasteiger partial charge is 0.352 e. The molecule has 2 unspecified atom stereocenters. The molecule has 4 heterocycles. The van der Waals surface area contributed by atoms with Crippen LogP contribution in [-0.4, -0.2) is 91.3 Å². The number of aromatic nitrogens is 1. The summed E-state index contributed by atoms with van der Waals surface area (Å²) in [6.07, 6.45) is 3.39. The van der Waals surface area contributed by atoms with E-state index in [2.05, 4.69) is 15.3 Å². The van der Waals surface area contributed by atoms with Crippen LogP contribution in [0.2, 0.25) is 0 Å². The predicted molar refractivity (Wildman–Crippen MR) is 188 cm³/mol. The Morgan fingerprint density at radius 3 is 2.67 bits per heavy atom. The molecule has 3 aliphatic rings. The summed E-state index contributed by atoms with van der Waals surface area (Å²) >= 11 is 4.18. The summed E-state index contributed by atoms with van der Waals surface area (Å²) < 4.78 is 12.5. The molecule has 15 heteroatoms. The molecule has 0 aliphatic carbocycles. The van der Waals surface area contributed by atoms with Crippen molar-refractivity contribution >= 4 is 84.6 Å². The first-order valence-electron chi connectivity index (χ1n) is 15.1. The molecule has 0 spiro atoms. The number of nitrogens with one attached hydrogen (secondary N) is 1. The minimum Gasteiger partial charge on any atom is -0.490 e. The number of benzene rings is 3. The van der Waals surface area contributed by atoms with Gasteiger partial charge >= 0.3 is 11.9 Å². The SMILES string of the molecule is CO[C@@]1(NC(=O)Cc2ccccc2)C(=O)N2C(C(=O)O)=C(/C=C/COc3ccc4c(ccc5nc(C6=NC(C(=O)O)CS6)sc54)c3)CSC21. The second kappa shape index (κ2) is 13.3. The molecular weight excluding hydrogens is 689 g/mol.